The first-order valence-corrected chi connectivity index (χ1v) is 9.55. The van der Waals surface area contributed by atoms with E-state index in [2.05, 4.69) is 5.32 Å². The molecule has 0 aliphatic rings. The second-order valence-electron chi connectivity index (χ2n) is 6.81. The van der Waals surface area contributed by atoms with E-state index < -0.39 is 6.04 Å². The highest BCUT2D eigenvalue weighted by Crippen LogP contribution is 2.17. The lowest BCUT2D eigenvalue weighted by Gasteiger charge is -2.16. The topological polar surface area (TPSA) is 73.6 Å². The average molecular weight is 390 g/mol. The Balaban J connectivity index is 1.52. The highest BCUT2D eigenvalue weighted by Gasteiger charge is 2.15. The average Bonchev–Trinajstić information content (AvgIpc) is 2.76. The Labute approximate surface area is 171 Å². The Morgan fingerprint density at radius 1 is 0.897 bits per heavy atom. The lowest BCUT2D eigenvalue weighted by molar-refractivity contribution is -0.120. The molecule has 0 heterocycles. The van der Waals surface area contributed by atoms with E-state index in [4.69, 9.17) is 15.2 Å². The molecule has 3 aromatic carbocycles. The molecule has 0 bridgehead atoms. The summed E-state index contributed by atoms with van der Waals surface area (Å²) in [6.07, 6.45) is 0.567. The summed E-state index contributed by atoms with van der Waals surface area (Å²) in [6.45, 7) is 1.02. The summed E-state index contributed by atoms with van der Waals surface area (Å²) in [6, 6.07) is 25.0. The number of amides is 1. The number of carbonyl (C=O) groups is 1. The lowest BCUT2D eigenvalue weighted by Crippen LogP contribution is -2.42. The molecule has 0 saturated carbocycles. The zero-order chi connectivity index (χ0) is 20.5. The van der Waals surface area contributed by atoms with Crippen LogP contribution in [0.15, 0.2) is 78.9 Å². The van der Waals surface area contributed by atoms with Crippen LogP contribution in [0.1, 0.15) is 16.7 Å². The molecule has 0 aliphatic carbocycles. The molecule has 3 N–H and O–H groups in total. The van der Waals surface area contributed by atoms with Crippen molar-refractivity contribution < 1.29 is 14.3 Å². The smallest absolute Gasteiger partial charge is 0.234 e. The summed E-state index contributed by atoms with van der Waals surface area (Å²) >= 11 is 0. The van der Waals surface area contributed by atoms with E-state index in [0.717, 1.165) is 28.2 Å². The Bertz CT molecular complexity index is 911. The summed E-state index contributed by atoms with van der Waals surface area (Å²) in [4.78, 5) is 11.8. The largest absolute Gasteiger partial charge is 0.497 e. The van der Waals surface area contributed by atoms with Crippen molar-refractivity contribution in [1.29, 1.82) is 0 Å². The van der Waals surface area contributed by atoms with Gasteiger partial charge in [0.1, 0.15) is 18.1 Å². The van der Waals surface area contributed by atoms with Crippen molar-refractivity contribution >= 4 is 5.91 Å². The van der Waals surface area contributed by atoms with Gasteiger partial charge in [-0.3, -0.25) is 4.79 Å². The van der Waals surface area contributed by atoms with Crippen LogP contribution in [-0.4, -0.2) is 19.1 Å². The first kappa shape index (κ1) is 20.4. The van der Waals surface area contributed by atoms with Crippen LogP contribution in [0.2, 0.25) is 0 Å². The van der Waals surface area contributed by atoms with Crippen molar-refractivity contribution in [2.24, 2.45) is 5.73 Å². The van der Waals surface area contributed by atoms with Gasteiger partial charge in [-0.1, -0.05) is 54.6 Å². The van der Waals surface area contributed by atoms with Crippen LogP contribution < -0.4 is 20.5 Å². The maximum Gasteiger partial charge on any atom is 0.234 e. The SMILES string of the molecule is COc1cccc(COc2ccc(CN[C@@H](Cc3ccccc3)C(N)=O)cc2)c1. The molecule has 3 rings (SSSR count). The summed E-state index contributed by atoms with van der Waals surface area (Å²) in [5.74, 6) is 1.24. The van der Waals surface area contributed by atoms with Crippen LogP contribution in [0.25, 0.3) is 0 Å². The van der Waals surface area contributed by atoms with Gasteiger partial charge in [0.05, 0.1) is 13.2 Å². The molecule has 5 nitrogen and oxygen atoms in total. The van der Waals surface area contributed by atoms with Crippen LogP contribution in [0.5, 0.6) is 11.5 Å². The van der Waals surface area contributed by atoms with E-state index in [1.807, 2.05) is 78.9 Å². The van der Waals surface area contributed by atoms with E-state index in [-0.39, 0.29) is 5.91 Å². The fourth-order valence-electron chi connectivity index (χ4n) is 3.00. The molecular weight excluding hydrogens is 364 g/mol. The van der Waals surface area contributed by atoms with Gasteiger partial charge in [-0.05, 0) is 47.4 Å². The van der Waals surface area contributed by atoms with Crippen molar-refractivity contribution in [2.75, 3.05) is 7.11 Å². The molecule has 150 valence electrons. The quantitative estimate of drug-likeness (QED) is 0.556. The van der Waals surface area contributed by atoms with Crippen LogP contribution in [-0.2, 0) is 24.4 Å². The number of hydrogen-bond donors (Lipinski definition) is 2. The second-order valence-corrected chi connectivity index (χ2v) is 6.81. The summed E-state index contributed by atoms with van der Waals surface area (Å²) in [5.41, 5.74) is 8.73. The van der Waals surface area contributed by atoms with E-state index in [1.165, 1.54) is 0 Å². The van der Waals surface area contributed by atoms with Gasteiger partial charge >= 0.3 is 0 Å². The minimum atomic E-state index is -0.415. The number of rotatable bonds is 10. The lowest BCUT2D eigenvalue weighted by atomic mass is 10.1. The summed E-state index contributed by atoms with van der Waals surface area (Å²) < 4.78 is 11.1. The summed E-state index contributed by atoms with van der Waals surface area (Å²) in [7, 11) is 1.65. The maximum absolute atomic E-state index is 11.8. The van der Waals surface area contributed by atoms with Crippen molar-refractivity contribution in [3.8, 4) is 11.5 Å². The molecule has 5 heteroatoms. The van der Waals surface area contributed by atoms with Gasteiger partial charge in [0.15, 0.2) is 0 Å². The number of methoxy groups -OCH3 is 1. The molecule has 0 unspecified atom stereocenters. The minimum Gasteiger partial charge on any atom is -0.497 e. The Morgan fingerprint density at radius 2 is 1.62 bits per heavy atom. The minimum absolute atomic E-state index is 0.355. The monoisotopic (exact) mass is 390 g/mol. The molecule has 0 spiro atoms. The van der Waals surface area contributed by atoms with Crippen molar-refractivity contribution in [2.45, 2.75) is 25.6 Å². The third kappa shape index (κ3) is 6.36. The highest BCUT2D eigenvalue weighted by molar-refractivity contribution is 5.80. The van der Waals surface area contributed by atoms with Crippen LogP contribution in [0, 0.1) is 0 Å². The molecule has 29 heavy (non-hydrogen) atoms. The van der Waals surface area contributed by atoms with Gasteiger partial charge in [-0.15, -0.1) is 0 Å². The molecule has 0 fully saturated rings. The first-order valence-electron chi connectivity index (χ1n) is 9.55. The number of ether oxygens (including phenoxy) is 2. The van der Waals surface area contributed by atoms with E-state index in [0.29, 0.717) is 19.6 Å². The molecule has 1 atom stereocenters. The molecular formula is C24H26N2O3. The number of primary amides is 1. The van der Waals surface area contributed by atoms with Crippen molar-refractivity contribution in [3.05, 3.63) is 95.6 Å². The van der Waals surface area contributed by atoms with E-state index >= 15 is 0 Å². The van der Waals surface area contributed by atoms with Gasteiger partial charge in [0.25, 0.3) is 0 Å². The zero-order valence-corrected chi connectivity index (χ0v) is 16.5. The van der Waals surface area contributed by atoms with Crippen LogP contribution in [0.4, 0.5) is 0 Å². The fraction of sp³-hybridized carbons (Fsp3) is 0.208. The normalized spacial score (nSPS) is 11.6. The van der Waals surface area contributed by atoms with Gasteiger partial charge in [0, 0.05) is 6.54 Å². The molecule has 1 amide bonds. The third-order valence-corrected chi connectivity index (χ3v) is 4.64. The molecule has 0 aliphatic heterocycles. The predicted octanol–water partition coefficient (Wildman–Crippen LogP) is 3.46. The van der Waals surface area contributed by atoms with Gasteiger partial charge in [0.2, 0.25) is 5.91 Å². The summed E-state index contributed by atoms with van der Waals surface area (Å²) in [5, 5.41) is 3.24. The molecule has 0 saturated heterocycles. The van der Waals surface area contributed by atoms with Gasteiger partial charge in [-0.25, -0.2) is 0 Å². The van der Waals surface area contributed by atoms with Crippen LogP contribution >= 0.6 is 0 Å². The third-order valence-electron chi connectivity index (χ3n) is 4.64. The fourth-order valence-corrected chi connectivity index (χ4v) is 3.00. The molecule has 0 radical (unpaired) electrons. The van der Waals surface area contributed by atoms with Crippen molar-refractivity contribution in [1.82, 2.24) is 5.32 Å². The number of carbonyl (C=O) groups excluding carboxylic acids is 1. The maximum atomic E-state index is 11.8. The number of benzene rings is 3. The van der Waals surface area contributed by atoms with Gasteiger partial charge in [-0.2, -0.15) is 0 Å². The Kier molecular flexibility index (Phi) is 7.25. The Morgan fingerprint density at radius 3 is 2.31 bits per heavy atom. The Hall–Kier alpha value is -3.31. The standard InChI is InChI=1S/C24H26N2O3/c1-28-22-9-5-8-20(14-22)17-29-21-12-10-19(11-13-21)16-26-23(24(25)27)15-18-6-3-2-4-7-18/h2-14,23,26H,15-17H2,1H3,(H2,25,27)/t23-/m0/s1. The number of nitrogens with two attached hydrogens (primary N) is 1. The van der Waals surface area contributed by atoms with Gasteiger partial charge < -0.3 is 20.5 Å². The van der Waals surface area contributed by atoms with E-state index in [1.54, 1.807) is 7.11 Å². The van der Waals surface area contributed by atoms with Crippen molar-refractivity contribution in [3.63, 3.8) is 0 Å². The first-order chi connectivity index (χ1) is 14.1. The number of hydrogen-bond acceptors (Lipinski definition) is 4. The number of nitrogens with one attached hydrogen (secondary N) is 1. The van der Waals surface area contributed by atoms with Crippen LogP contribution in [0.3, 0.4) is 0 Å². The predicted molar refractivity (Wildman–Crippen MR) is 114 cm³/mol. The van der Waals surface area contributed by atoms with E-state index in [9.17, 15) is 4.79 Å². The molecule has 3 aromatic rings. The molecule has 0 aromatic heterocycles. The highest BCUT2D eigenvalue weighted by atomic mass is 16.5. The second kappa shape index (κ2) is 10.3. The zero-order valence-electron chi connectivity index (χ0n) is 16.5.